The van der Waals surface area contributed by atoms with E-state index in [9.17, 15) is 18.0 Å². The number of fused-ring (bicyclic) bond motifs is 1. The minimum Gasteiger partial charge on any atom is -0.496 e. The molecule has 0 atom stereocenters. The molecule has 2 aromatic carbocycles. The Labute approximate surface area is 180 Å². The lowest BCUT2D eigenvalue weighted by Gasteiger charge is -2.09. The maximum absolute atomic E-state index is 12.9. The molecule has 0 fully saturated rings. The summed E-state index contributed by atoms with van der Waals surface area (Å²) in [5.74, 6) is -0.886. The fourth-order valence-corrected chi connectivity index (χ4v) is 3.21. The molecule has 32 heavy (non-hydrogen) atoms. The van der Waals surface area contributed by atoms with Crippen molar-refractivity contribution in [2.45, 2.75) is 19.1 Å². The molecule has 4 aromatic rings. The first kappa shape index (κ1) is 21.3. The number of benzene rings is 2. The zero-order chi connectivity index (χ0) is 22.7. The number of ether oxygens (including phenoxy) is 1. The van der Waals surface area contributed by atoms with Gasteiger partial charge in [-0.15, -0.1) is 5.10 Å². The summed E-state index contributed by atoms with van der Waals surface area (Å²) < 4.78 is 45.1. The fraction of sp³-hybridized carbons (Fsp3) is 0.182. The number of halogens is 3. The first-order valence-electron chi connectivity index (χ1n) is 9.62. The molecule has 2 heterocycles. The van der Waals surface area contributed by atoms with E-state index in [4.69, 9.17) is 4.74 Å². The minimum absolute atomic E-state index is 0.137. The predicted molar refractivity (Wildman–Crippen MR) is 110 cm³/mol. The van der Waals surface area contributed by atoms with Crippen LogP contribution in [-0.2, 0) is 23.9 Å². The van der Waals surface area contributed by atoms with Crippen LogP contribution in [0.4, 0.5) is 13.2 Å². The lowest BCUT2D eigenvalue weighted by atomic mass is 10.1. The maximum atomic E-state index is 12.9. The average Bonchev–Trinajstić information content (AvgIpc) is 3.24. The van der Waals surface area contributed by atoms with Crippen molar-refractivity contribution in [2.24, 2.45) is 0 Å². The number of para-hydroxylation sites is 1. The van der Waals surface area contributed by atoms with Crippen molar-refractivity contribution in [3.63, 3.8) is 0 Å². The van der Waals surface area contributed by atoms with Crippen LogP contribution in [0.25, 0.3) is 17.0 Å². The predicted octanol–water partition coefficient (Wildman–Crippen LogP) is 3.68. The fourth-order valence-electron chi connectivity index (χ4n) is 3.21. The molecule has 0 spiro atoms. The molecule has 2 aromatic heterocycles. The molecule has 0 aliphatic carbocycles. The zero-order valence-electron chi connectivity index (χ0n) is 16.9. The van der Waals surface area contributed by atoms with E-state index in [-0.39, 0.29) is 18.1 Å². The number of rotatable bonds is 6. The van der Waals surface area contributed by atoms with Crippen LogP contribution in [0.1, 0.15) is 17.0 Å². The first-order valence-corrected chi connectivity index (χ1v) is 9.62. The van der Waals surface area contributed by atoms with Crippen molar-refractivity contribution in [3.05, 3.63) is 77.7 Å². The lowest BCUT2D eigenvalue weighted by Crippen LogP contribution is -2.24. The Morgan fingerprint density at radius 1 is 1.09 bits per heavy atom. The van der Waals surface area contributed by atoms with Crippen LogP contribution in [0.15, 0.2) is 60.8 Å². The highest BCUT2D eigenvalue weighted by Crippen LogP contribution is 2.28. The molecule has 0 saturated heterocycles. The number of alkyl halides is 3. The Morgan fingerprint density at radius 2 is 1.84 bits per heavy atom. The molecular weight excluding hydrogens is 423 g/mol. The highest BCUT2D eigenvalue weighted by atomic mass is 19.4. The van der Waals surface area contributed by atoms with Gasteiger partial charge in [0, 0.05) is 23.9 Å². The number of nitrogens with one attached hydrogen (secondary N) is 1. The van der Waals surface area contributed by atoms with Crippen molar-refractivity contribution >= 4 is 11.7 Å². The number of hydrogen-bond donors (Lipinski definition) is 1. The summed E-state index contributed by atoms with van der Waals surface area (Å²) in [6.07, 6.45) is -3.09. The molecule has 10 heteroatoms. The van der Waals surface area contributed by atoms with Crippen LogP contribution in [0.2, 0.25) is 0 Å². The van der Waals surface area contributed by atoms with E-state index in [1.54, 1.807) is 43.5 Å². The van der Waals surface area contributed by atoms with Gasteiger partial charge in [0.25, 0.3) is 11.6 Å². The van der Waals surface area contributed by atoms with Gasteiger partial charge in [-0.2, -0.15) is 22.7 Å². The topological polar surface area (TPSA) is 81.4 Å². The second kappa shape index (κ2) is 8.66. The van der Waals surface area contributed by atoms with Crippen LogP contribution in [0, 0.1) is 0 Å². The monoisotopic (exact) mass is 441 g/mol. The summed E-state index contributed by atoms with van der Waals surface area (Å²) in [6, 6.07) is 15.9. The minimum atomic E-state index is -4.66. The van der Waals surface area contributed by atoms with Crippen LogP contribution >= 0.6 is 0 Å². The third-order valence-electron chi connectivity index (χ3n) is 4.78. The molecule has 0 radical (unpaired) electrons. The van der Waals surface area contributed by atoms with E-state index in [1.807, 2.05) is 18.2 Å². The maximum Gasteiger partial charge on any atom is 0.453 e. The number of hydrogen-bond acceptors (Lipinski definition) is 5. The van der Waals surface area contributed by atoms with Crippen molar-refractivity contribution in [3.8, 4) is 17.0 Å². The van der Waals surface area contributed by atoms with E-state index in [0.29, 0.717) is 23.6 Å². The third kappa shape index (κ3) is 4.53. The molecular formula is C22H18F3N5O2. The van der Waals surface area contributed by atoms with Crippen LogP contribution < -0.4 is 10.1 Å². The van der Waals surface area contributed by atoms with Gasteiger partial charge in [-0.05, 0) is 17.7 Å². The van der Waals surface area contributed by atoms with Gasteiger partial charge in [0.2, 0.25) is 5.91 Å². The van der Waals surface area contributed by atoms with Crippen LogP contribution in [0.3, 0.4) is 0 Å². The molecule has 0 aliphatic heterocycles. The molecule has 0 unspecified atom stereocenters. The van der Waals surface area contributed by atoms with Crippen molar-refractivity contribution in [1.29, 1.82) is 0 Å². The van der Waals surface area contributed by atoms with E-state index < -0.39 is 12.0 Å². The molecule has 1 N–H and O–H groups in total. The SMILES string of the molecule is COc1ccccc1CC(=O)NCc1ccc(-c2ccnc3nc(C(F)(F)F)nn23)cc1. The summed E-state index contributed by atoms with van der Waals surface area (Å²) in [4.78, 5) is 19.6. The number of carbonyl (C=O) groups excluding carboxylic acids is 1. The van der Waals surface area contributed by atoms with Gasteiger partial charge in [-0.25, -0.2) is 4.98 Å². The normalized spacial score (nSPS) is 11.5. The Morgan fingerprint density at radius 3 is 2.56 bits per heavy atom. The van der Waals surface area contributed by atoms with Crippen molar-refractivity contribution in [1.82, 2.24) is 24.9 Å². The summed E-state index contributed by atoms with van der Waals surface area (Å²) in [5.41, 5.74) is 2.68. The van der Waals surface area contributed by atoms with Crippen LogP contribution in [0.5, 0.6) is 5.75 Å². The van der Waals surface area contributed by atoms with Crippen LogP contribution in [-0.4, -0.2) is 32.6 Å². The van der Waals surface area contributed by atoms with Crippen molar-refractivity contribution < 1.29 is 22.7 Å². The molecule has 0 bridgehead atoms. The Bertz CT molecular complexity index is 1250. The van der Waals surface area contributed by atoms with Gasteiger partial charge in [0.1, 0.15) is 5.75 Å². The van der Waals surface area contributed by atoms with E-state index in [2.05, 4.69) is 20.4 Å². The van der Waals surface area contributed by atoms with E-state index in [0.717, 1.165) is 15.6 Å². The molecule has 7 nitrogen and oxygen atoms in total. The standard InChI is InChI=1S/C22H18F3N5O2/c1-32-18-5-3-2-4-16(18)12-19(31)27-13-14-6-8-15(9-7-14)17-10-11-26-21-28-20(22(23,24)25)29-30(17)21/h2-11H,12-13H2,1H3,(H,27,31). The van der Waals surface area contributed by atoms with Gasteiger partial charge >= 0.3 is 6.18 Å². The summed E-state index contributed by atoms with van der Waals surface area (Å²) in [6.45, 7) is 0.307. The second-order valence-corrected chi connectivity index (χ2v) is 6.94. The van der Waals surface area contributed by atoms with E-state index in [1.165, 1.54) is 6.20 Å². The Kier molecular flexibility index (Phi) is 5.76. The molecule has 164 valence electrons. The Hall–Kier alpha value is -3.95. The molecule has 4 rings (SSSR count). The van der Waals surface area contributed by atoms with Gasteiger partial charge in [-0.1, -0.05) is 42.5 Å². The number of aromatic nitrogens is 4. The highest BCUT2D eigenvalue weighted by molar-refractivity contribution is 5.79. The zero-order valence-corrected chi connectivity index (χ0v) is 16.9. The van der Waals surface area contributed by atoms with Crippen molar-refractivity contribution in [2.75, 3.05) is 7.11 Å². The quantitative estimate of drug-likeness (QED) is 0.494. The number of amides is 1. The molecule has 0 saturated carbocycles. The first-order chi connectivity index (χ1) is 15.3. The van der Waals surface area contributed by atoms with Gasteiger partial charge in [-0.3, -0.25) is 4.79 Å². The smallest absolute Gasteiger partial charge is 0.453 e. The lowest BCUT2D eigenvalue weighted by molar-refractivity contribution is -0.144. The van der Waals surface area contributed by atoms with Gasteiger partial charge < -0.3 is 10.1 Å². The highest BCUT2D eigenvalue weighted by Gasteiger charge is 2.36. The Balaban J connectivity index is 1.46. The summed E-state index contributed by atoms with van der Waals surface area (Å²) >= 11 is 0. The molecule has 0 aliphatic rings. The van der Waals surface area contributed by atoms with Gasteiger partial charge in [0.15, 0.2) is 0 Å². The largest absolute Gasteiger partial charge is 0.496 e. The molecule has 1 amide bonds. The van der Waals surface area contributed by atoms with Gasteiger partial charge in [0.05, 0.1) is 19.2 Å². The number of nitrogens with zero attached hydrogens (tertiary/aromatic N) is 4. The second-order valence-electron chi connectivity index (χ2n) is 6.94. The average molecular weight is 441 g/mol. The number of methoxy groups -OCH3 is 1. The third-order valence-corrected chi connectivity index (χ3v) is 4.78. The van der Waals surface area contributed by atoms with E-state index >= 15 is 0 Å². The summed E-state index contributed by atoms with van der Waals surface area (Å²) in [5, 5.41) is 6.40. The summed E-state index contributed by atoms with van der Waals surface area (Å²) in [7, 11) is 1.55. The number of carbonyl (C=O) groups is 1.